The third kappa shape index (κ3) is 8.87. The Bertz CT molecular complexity index is 483. The molecule has 0 aliphatic heterocycles. The second-order valence-electron chi connectivity index (χ2n) is 4.54. The minimum Gasteiger partial charge on any atom is -0.109 e. The number of hydrogen-bond donors (Lipinski definition) is 0. The van der Waals surface area contributed by atoms with Crippen LogP contribution in [0, 0.1) is 27.7 Å². The van der Waals surface area contributed by atoms with Crippen molar-refractivity contribution in [3.05, 3.63) is 67.6 Å². The van der Waals surface area contributed by atoms with Crippen LogP contribution in [0.25, 0.3) is 0 Å². The van der Waals surface area contributed by atoms with E-state index in [1.54, 1.807) is 0 Å². The van der Waals surface area contributed by atoms with Gasteiger partial charge < -0.3 is 0 Å². The van der Waals surface area contributed by atoms with Gasteiger partial charge >= 0.3 is 0 Å². The van der Waals surface area contributed by atoms with Crippen LogP contribution in [-0.2, 0) is 0 Å². The van der Waals surface area contributed by atoms with Crippen LogP contribution in [0.15, 0.2) is 45.3 Å². The lowest BCUT2D eigenvalue weighted by atomic mass is 10.1. The highest BCUT2D eigenvalue weighted by atomic mass is 79.9. The summed E-state index contributed by atoms with van der Waals surface area (Å²) in [6.45, 7) is 8.45. The molecule has 0 N–H and O–H groups in total. The molecule has 0 aromatic heterocycles. The second kappa shape index (κ2) is 11.5. The van der Waals surface area contributed by atoms with Crippen molar-refractivity contribution >= 4 is 55.1 Å². The van der Waals surface area contributed by atoms with E-state index in [9.17, 15) is 0 Å². The van der Waals surface area contributed by atoms with Crippen molar-refractivity contribution in [1.29, 1.82) is 0 Å². The van der Waals surface area contributed by atoms with Gasteiger partial charge in [-0.15, -0.1) is 23.2 Å². The Hall–Kier alpha value is -0.0200. The van der Waals surface area contributed by atoms with E-state index in [1.165, 1.54) is 22.3 Å². The van der Waals surface area contributed by atoms with Gasteiger partial charge in [0, 0.05) is 8.95 Å². The fraction of sp³-hybridized carbons (Fsp3) is 0.294. The lowest BCUT2D eigenvalue weighted by Crippen LogP contribution is -1.80. The molecule has 0 saturated carbocycles. The molecule has 2 aromatic rings. The molecule has 0 heterocycles. The maximum Gasteiger partial charge on any atom is 0.0967 e. The molecule has 0 bridgehead atoms. The first kappa shape index (κ1) is 21.0. The summed E-state index contributed by atoms with van der Waals surface area (Å²) in [5, 5.41) is 0.194. The van der Waals surface area contributed by atoms with E-state index in [4.69, 9.17) is 23.2 Å². The molecule has 4 heteroatoms. The van der Waals surface area contributed by atoms with Crippen LogP contribution in [-0.4, -0.2) is 5.34 Å². The SMILES string of the molecule is Cc1cc(Br)c(Br)cc1C.Cc1ccccc1C.ClCCl. The zero-order valence-corrected chi connectivity index (χ0v) is 17.4. The average Bonchev–Trinajstić information content (AvgIpc) is 2.42. The van der Waals surface area contributed by atoms with Crippen LogP contribution < -0.4 is 0 Å². The molecule has 0 fully saturated rings. The topological polar surface area (TPSA) is 0 Å². The lowest BCUT2D eigenvalue weighted by molar-refractivity contribution is 1.32. The summed E-state index contributed by atoms with van der Waals surface area (Å²) in [5.74, 6) is 0. The van der Waals surface area contributed by atoms with Crippen molar-refractivity contribution in [3.8, 4) is 0 Å². The predicted molar refractivity (Wildman–Crippen MR) is 104 cm³/mol. The average molecular weight is 455 g/mol. The molecule has 0 aliphatic rings. The Morgan fingerprint density at radius 1 is 0.714 bits per heavy atom. The molecule has 0 amide bonds. The molecule has 0 atom stereocenters. The Balaban J connectivity index is 0.000000327. The standard InChI is InChI=1S/C8H8Br2.C8H10.CH2Cl2/c1-5-3-7(9)8(10)4-6(5)2;1-7-5-3-4-6-8(7)2;2-1-3/h3-4H,1-2H3;3-6H,1-2H3;1H2. The summed E-state index contributed by atoms with van der Waals surface area (Å²) >= 11 is 16.4. The Kier molecular flexibility index (Phi) is 11.5. The third-order valence-electron chi connectivity index (χ3n) is 2.96. The second-order valence-corrected chi connectivity index (χ2v) is 7.05. The summed E-state index contributed by atoms with van der Waals surface area (Å²) < 4.78 is 2.24. The number of halogens is 4. The summed E-state index contributed by atoms with van der Waals surface area (Å²) in [6, 6.07) is 12.6. The minimum atomic E-state index is 0.194. The van der Waals surface area contributed by atoms with Crippen molar-refractivity contribution in [3.63, 3.8) is 0 Å². The van der Waals surface area contributed by atoms with Gasteiger partial charge in [0.05, 0.1) is 5.34 Å². The van der Waals surface area contributed by atoms with Crippen molar-refractivity contribution in [2.45, 2.75) is 27.7 Å². The van der Waals surface area contributed by atoms with Crippen LogP contribution in [0.5, 0.6) is 0 Å². The summed E-state index contributed by atoms with van der Waals surface area (Å²) in [5.41, 5.74) is 5.37. The van der Waals surface area contributed by atoms with Crippen molar-refractivity contribution in [1.82, 2.24) is 0 Å². The quantitative estimate of drug-likeness (QED) is 0.360. The van der Waals surface area contributed by atoms with Crippen LogP contribution in [0.2, 0.25) is 0 Å². The van der Waals surface area contributed by atoms with E-state index in [1.807, 2.05) is 0 Å². The van der Waals surface area contributed by atoms with Crippen molar-refractivity contribution < 1.29 is 0 Å². The highest BCUT2D eigenvalue weighted by Gasteiger charge is 1.98. The predicted octanol–water partition coefficient (Wildman–Crippen LogP) is 7.55. The lowest BCUT2D eigenvalue weighted by Gasteiger charge is -2.01. The van der Waals surface area contributed by atoms with Gasteiger partial charge in [-0.1, -0.05) is 24.3 Å². The van der Waals surface area contributed by atoms with Gasteiger partial charge in [-0.2, -0.15) is 0 Å². The van der Waals surface area contributed by atoms with E-state index in [2.05, 4.69) is 96.0 Å². The normalized spacial score (nSPS) is 9.14. The molecule has 0 unspecified atom stereocenters. The van der Waals surface area contributed by atoms with Crippen LogP contribution in [0.3, 0.4) is 0 Å². The molecule has 0 nitrogen and oxygen atoms in total. The van der Waals surface area contributed by atoms with Crippen LogP contribution in [0.4, 0.5) is 0 Å². The largest absolute Gasteiger partial charge is 0.109 e. The highest BCUT2D eigenvalue weighted by Crippen LogP contribution is 2.25. The fourth-order valence-corrected chi connectivity index (χ4v) is 2.32. The van der Waals surface area contributed by atoms with Crippen molar-refractivity contribution in [2.75, 3.05) is 5.34 Å². The zero-order valence-electron chi connectivity index (χ0n) is 12.7. The molecule has 0 spiro atoms. The van der Waals surface area contributed by atoms with Crippen LogP contribution in [0.1, 0.15) is 22.3 Å². The maximum atomic E-state index is 4.76. The molecule has 0 radical (unpaired) electrons. The van der Waals surface area contributed by atoms with Crippen LogP contribution >= 0.6 is 55.1 Å². The number of benzene rings is 2. The number of hydrogen-bond acceptors (Lipinski definition) is 0. The summed E-state index contributed by atoms with van der Waals surface area (Å²) in [4.78, 5) is 0. The van der Waals surface area contributed by atoms with Gasteiger partial charge in [-0.3, -0.25) is 0 Å². The van der Waals surface area contributed by atoms with Gasteiger partial charge in [0.25, 0.3) is 0 Å². The molecule has 0 aliphatic carbocycles. The molecular weight excluding hydrogens is 435 g/mol. The molecule has 21 heavy (non-hydrogen) atoms. The number of alkyl halides is 2. The Labute approximate surface area is 155 Å². The van der Waals surface area contributed by atoms with Crippen molar-refractivity contribution in [2.24, 2.45) is 0 Å². The van der Waals surface area contributed by atoms with Gasteiger partial charge in [0.15, 0.2) is 0 Å². The molecule has 116 valence electrons. The third-order valence-corrected chi connectivity index (χ3v) is 4.81. The van der Waals surface area contributed by atoms with Gasteiger partial charge in [0.1, 0.15) is 0 Å². The van der Waals surface area contributed by atoms with E-state index >= 15 is 0 Å². The highest BCUT2D eigenvalue weighted by molar-refractivity contribution is 9.13. The van der Waals surface area contributed by atoms with E-state index in [0.29, 0.717) is 0 Å². The maximum absolute atomic E-state index is 4.76. The summed E-state index contributed by atoms with van der Waals surface area (Å²) in [7, 11) is 0. The number of aryl methyl sites for hydroxylation is 4. The van der Waals surface area contributed by atoms with Gasteiger partial charge in [-0.05, 0) is 93.9 Å². The minimum absolute atomic E-state index is 0.194. The molecule has 2 rings (SSSR count). The first-order chi connectivity index (χ1) is 9.83. The van der Waals surface area contributed by atoms with E-state index < -0.39 is 0 Å². The zero-order chi connectivity index (χ0) is 16.4. The smallest absolute Gasteiger partial charge is 0.0967 e. The molecule has 0 saturated heterocycles. The monoisotopic (exact) mass is 452 g/mol. The van der Waals surface area contributed by atoms with Gasteiger partial charge in [0.2, 0.25) is 0 Å². The van der Waals surface area contributed by atoms with Gasteiger partial charge in [-0.25, -0.2) is 0 Å². The summed E-state index contributed by atoms with van der Waals surface area (Å²) in [6.07, 6.45) is 0. The van der Waals surface area contributed by atoms with E-state index in [-0.39, 0.29) is 5.34 Å². The Morgan fingerprint density at radius 3 is 1.24 bits per heavy atom. The van der Waals surface area contributed by atoms with E-state index in [0.717, 1.165) is 8.95 Å². The first-order valence-electron chi connectivity index (χ1n) is 6.39. The Morgan fingerprint density at radius 2 is 1.00 bits per heavy atom. The first-order valence-corrected chi connectivity index (χ1v) is 9.05. The number of rotatable bonds is 0. The molecule has 2 aromatic carbocycles. The molecular formula is C17H20Br2Cl2. The fourth-order valence-electron chi connectivity index (χ4n) is 1.41.